The number of aryl methyl sites for hydroxylation is 2. The van der Waals surface area contributed by atoms with E-state index < -0.39 is 0 Å². The summed E-state index contributed by atoms with van der Waals surface area (Å²) in [5.41, 5.74) is 4.08. The topological polar surface area (TPSA) is 50.6 Å². The summed E-state index contributed by atoms with van der Waals surface area (Å²) in [7, 11) is 0. The standard InChI is InChI=1S/C25H29ClN4O2/c1-3-30-17-22(19(2)27-30)16-28-11-13-29(14-12-28)25(31)21-9-7-20(8-10-21)18-32-24-6-4-5-23(26)15-24/h4-10,15,17H,3,11-14,16,18H2,1-2H3. The first-order valence-electron chi connectivity index (χ1n) is 11.0. The maximum absolute atomic E-state index is 12.9. The Bertz CT molecular complexity index is 1060. The summed E-state index contributed by atoms with van der Waals surface area (Å²) in [6, 6.07) is 15.0. The van der Waals surface area contributed by atoms with Crippen LogP contribution in [0, 0.1) is 6.92 Å². The summed E-state index contributed by atoms with van der Waals surface area (Å²) in [6.45, 7) is 9.57. The quantitative estimate of drug-likeness (QED) is 0.533. The lowest BCUT2D eigenvalue weighted by Gasteiger charge is -2.34. The molecule has 1 aliphatic rings. The summed E-state index contributed by atoms with van der Waals surface area (Å²) in [4.78, 5) is 17.3. The molecular formula is C25H29ClN4O2. The first-order chi connectivity index (χ1) is 15.5. The van der Waals surface area contributed by atoms with Crippen LogP contribution in [0.25, 0.3) is 0 Å². The van der Waals surface area contributed by atoms with E-state index in [1.54, 1.807) is 6.07 Å². The fourth-order valence-corrected chi connectivity index (χ4v) is 4.06. The fourth-order valence-electron chi connectivity index (χ4n) is 3.88. The minimum Gasteiger partial charge on any atom is -0.489 e. The molecule has 168 valence electrons. The molecule has 0 aliphatic carbocycles. The number of halogens is 1. The van der Waals surface area contributed by atoms with Crippen LogP contribution in [0.1, 0.15) is 34.1 Å². The predicted octanol–water partition coefficient (Wildman–Crippen LogP) is 4.40. The molecule has 32 heavy (non-hydrogen) atoms. The number of nitrogens with zero attached hydrogens (tertiary/aromatic N) is 4. The maximum Gasteiger partial charge on any atom is 0.253 e. The highest BCUT2D eigenvalue weighted by atomic mass is 35.5. The molecule has 0 unspecified atom stereocenters. The third kappa shape index (κ3) is 5.50. The molecule has 3 aromatic rings. The number of hydrogen-bond acceptors (Lipinski definition) is 4. The van der Waals surface area contributed by atoms with Gasteiger partial charge in [0, 0.05) is 61.6 Å². The molecule has 6 nitrogen and oxygen atoms in total. The Morgan fingerprint density at radius 3 is 2.50 bits per heavy atom. The molecule has 2 aromatic carbocycles. The van der Waals surface area contributed by atoms with Crippen molar-refractivity contribution in [1.82, 2.24) is 19.6 Å². The summed E-state index contributed by atoms with van der Waals surface area (Å²) >= 11 is 5.99. The van der Waals surface area contributed by atoms with Crippen molar-refractivity contribution >= 4 is 17.5 Å². The van der Waals surface area contributed by atoms with Crippen molar-refractivity contribution in [2.24, 2.45) is 0 Å². The third-order valence-electron chi connectivity index (χ3n) is 5.83. The number of carbonyl (C=O) groups excluding carboxylic acids is 1. The SMILES string of the molecule is CCn1cc(CN2CCN(C(=O)c3ccc(COc4cccc(Cl)c4)cc3)CC2)c(C)n1. The van der Waals surface area contributed by atoms with Crippen molar-refractivity contribution in [2.75, 3.05) is 26.2 Å². The van der Waals surface area contributed by atoms with Crippen LogP contribution in [0.5, 0.6) is 5.75 Å². The summed E-state index contributed by atoms with van der Waals surface area (Å²) < 4.78 is 7.76. The van der Waals surface area contributed by atoms with Crippen LogP contribution in [0.2, 0.25) is 5.02 Å². The molecule has 1 aliphatic heterocycles. The number of ether oxygens (including phenoxy) is 1. The Morgan fingerprint density at radius 1 is 1.09 bits per heavy atom. The first kappa shape index (κ1) is 22.4. The van der Waals surface area contributed by atoms with Gasteiger partial charge in [0.1, 0.15) is 12.4 Å². The highest BCUT2D eigenvalue weighted by Gasteiger charge is 2.23. The second kappa shape index (κ2) is 10.2. The predicted molar refractivity (Wildman–Crippen MR) is 126 cm³/mol. The van der Waals surface area contributed by atoms with Crippen molar-refractivity contribution in [3.05, 3.63) is 82.1 Å². The van der Waals surface area contributed by atoms with Gasteiger partial charge in [0.2, 0.25) is 0 Å². The number of rotatable bonds is 7. The van der Waals surface area contributed by atoms with Crippen molar-refractivity contribution in [3.63, 3.8) is 0 Å². The molecule has 4 rings (SSSR count). The van der Waals surface area contributed by atoms with Gasteiger partial charge in [-0.2, -0.15) is 5.10 Å². The third-order valence-corrected chi connectivity index (χ3v) is 6.06. The van der Waals surface area contributed by atoms with Gasteiger partial charge < -0.3 is 9.64 Å². The van der Waals surface area contributed by atoms with Gasteiger partial charge in [-0.1, -0.05) is 29.8 Å². The molecule has 0 bridgehead atoms. The van der Waals surface area contributed by atoms with Gasteiger partial charge in [-0.3, -0.25) is 14.4 Å². The highest BCUT2D eigenvalue weighted by molar-refractivity contribution is 6.30. The van der Waals surface area contributed by atoms with Crippen LogP contribution in [-0.2, 0) is 19.7 Å². The van der Waals surface area contributed by atoms with Gasteiger partial charge in [-0.15, -0.1) is 0 Å². The van der Waals surface area contributed by atoms with Gasteiger partial charge in [0.05, 0.1) is 5.69 Å². The normalized spacial score (nSPS) is 14.5. The number of carbonyl (C=O) groups is 1. The van der Waals surface area contributed by atoms with E-state index >= 15 is 0 Å². The van der Waals surface area contributed by atoms with Gasteiger partial charge in [0.25, 0.3) is 5.91 Å². The molecule has 1 saturated heterocycles. The fraction of sp³-hybridized carbons (Fsp3) is 0.360. The molecule has 0 radical (unpaired) electrons. The summed E-state index contributed by atoms with van der Waals surface area (Å²) in [5.74, 6) is 0.815. The molecule has 0 N–H and O–H groups in total. The maximum atomic E-state index is 12.9. The van der Waals surface area contributed by atoms with E-state index in [0.29, 0.717) is 17.2 Å². The summed E-state index contributed by atoms with van der Waals surface area (Å²) in [6.07, 6.45) is 2.13. The van der Waals surface area contributed by atoms with E-state index in [-0.39, 0.29) is 5.91 Å². The average Bonchev–Trinajstić information content (AvgIpc) is 3.17. The molecule has 7 heteroatoms. The Balaban J connectivity index is 1.27. The van der Waals surface area contributed by atoms with Crippen LogP contribution < -0.4 is 4.74 Å². The van der Waals surface area contributed by atoms with Crippen LogP contribution in [-0.4, -0.2) is 51.7 Å². The lowest BCUT2D eigenvalue weighted by Crippen LogP contribution is -2.48. The number of hydrogen-bond donors (Lipinski definition) is 0. The molecule has 1 fully saturated rings. The van der Waals surface area contributed by atoms with Gasteiger partial charge in [-0.05, 0) is 49.7 Å². The second-order valence-electron chi connectivity index (χ2n) is 8.11. The molecule has 1 aromatic heterocycles. The van der Waals surface area contributed by atoms with E-state index in [9.17, 15) is 4.79 Å². The van der Waals surface area contributed by atoms with Crippen LogP contribution in [0.3, 0.4) is 0 Å². The van der Waals surface area contributed by atoms with E-state index in [1.807, 2.05) is 52.0 Å². The van der Waals surface area contributed by atoms with Crippen molar-refractivity contribution in [2.45, 2.75) is 33.5 Å². The van der Waals surface area contributed by atoms with Crippen LogP contribution in [0.15, 0.2) is 54.7 Å². The number of amides is 1. The Kier molecular flexibility index (Phi) is 7.12. The minimum absolute atomic E-state index is 0.0851. The number of piperazine rings is 1. The van der Waals surface area contributed by atoms with Crippen molar-refractivity contribution in [3.8, 4) is 5.75 Å². The molecule has 1 amide bonds. The van der Waals surface area contributed by atoms with E-state index in [1.165, 1.54) is 5.56 Å². The van der Waals surface area contributed by atoms with E-state index in [0.717, 1.165) is 56.3 Å². The minimum atomic E-state index is 0.0851. The Labute approximate surface area is 194 Å². The van der Waals surface area contributed by atoms with Gasteiger partial charge >= 0.3 is 0 Å². The Hall–Kier alpha value is -2.83. The Morgan fingerprint density at radius 2 is 1.84 bits per heavy atom. The van der Waals surface area contributed by atoms with Gasteiger partial charge in [-0.25, -0.2) is 0 Å². The molecule has 2 heterocycles. The zero-order valence-corrected chi connectivity index (χ0v) is 19.4. The van der Waals surface area contributed by atoms with E-state index in [2.05, 4.69) is 30.0 Å². The molecule has 0 atom stereocenters. The zero-order valence-electron chi connectivity index (χ0n) is 18.6. The van der Waals surface area contributed by atoms with Crippen molar-refractivity contribution < 1.29 is 9.53 Å². The second-order valence-corrected chi connectivity index (χ2v) is 8.54. The first-order valence-corrected chi connectivity index (χ1v) is 11.4. The lowest BCUT2D eigenvalue weighted by molar-refractivity contribution is 0.0628. The van der Waals surface area contributed by atoms with Crippen molar-refractivity contribution in [1.29, 1.82) is 0 Å². The largest absolute Gasteiger partial charge is 0.489 e. The van der Waals surface area contributed by atoms with Gasteiger partial charge in [0.15, 0.2) is 0 Å². The number of aromatic nitrogens is 2. The number of benzene rings is 2. The van der Waals surface area contributed by atoms with Crippen LogP contribution in [0.4, 0.5) is 0 Å². The monoisotopic (exact) mass is 452 g/mol. The molecule has 0 saturated carbocycles. The summed E-state index contributed by atoms with van der Waals surface area (Å²) in [5, 5.41) is 5.18. The van der Waals surface area contributed by atoms with Crippen LogP contribution >= 0.6 is 11.6 Å². The zero-order chi connectivity index (χ0) is 22.5. The average molecular weight is 453 g/mol. The molecule has 0 spiro atoms. The smallest absolute Gasteiger partial charge is 0.253 e. The highest BCUT2D eigenvalue weighted by Crippen LogP contribution is 2.19. The van der Waals surface area contributed by atoms with E-state index in [4.69, 9.17) is 16.3 Å². The molecular weight excluding hydrogens is 424 g/mol. The lowest BCUT2D eigenvalue weighted by atomic mass is 10.1.